The van der Waals surface area contributed by atoms with Crippen LogP contribution >= 0.6 is 0 Å². The van der Waals surface area contributed by atoms with Crippen LogP contribution in [-0.4, -0.2) is 49.2 Å². The number of carbonyl (C=O) groups is 1. The van der Waals surface area contributed by atoms with Gasteiger partial charge in [0.2, 0.25) is 5.91 Å². The fourth-order valence-electron chi connectivity index (χ4n) is 3.38. The van der Waals surface area contributed by atoms with E-state index in [0.29, 0.717) is 24.3 Å². The van der Waals surface area contributed by atoms with Crippen LogP contribution in [0.3, 0.4) is 0 Å². The van der Waals surface area contributed by atoms with E-state index in [4.69, 9.17) is 4.74 Å². The van der Waals surface area contributed by atoms with Crippen molar-refractivity contribution in [2.45, 2.75) is 44.2 Å². The Morgan fingerprint density at radius 1 is 1.29 bits per heavy atom. The maximum Gasteiger partial charge on any atom is 0.225 e. The van der Waals surface area contributed by atoms with Crippen molar-refractivity contribution >= 4 is 5.91 Å². The van der Waals surface area contributed by atoms with Crippen molar-refractivity contribution in [2.75, 3.05) is 26.2 Å². The van der Waals surface area contributed by atoms with Gasteiger partial charge in [-0.1, -0.05) is 0 Å². The van der Waals surface area contributed by atoms with Gasteiger partial charge in [-0.25, -0.2) is 0 Å². The number of hydrogen-bond donors (Lipinski definition) is 1. The van der Waals surface area contributed by atoms with Crippen LogP contribution in [-0.2, 0) is 9.53 Å². The van der Waals surface area contributed by atoms with E-state index in [9.17, 15) is 4.79 Å². The van der Waals surface area contributed by atoms with Gasteiger partial charge in [-0.15, -0.1) is 0 Å². The molecule has 3 atom stereocenters. The monoisotopic (exact) mass is 238 g/mol. The normalized spacial score (nSPS) is 37.2. The summed E-state index contributed by atoms with van der Waals surface area (Å²) in [5.41, 5.74) is 0. The Morgan fingerprint density at radius 2 is 2.24 bits per heavy atom. The molecule has 0 aromatic heterocycles. The molecule has 4 heteroatoms. The second-order valence-electron chi connectivity index (χ2n) is 5.60. The van der Waals surface area contributed by atoms with Gasteiger partial charge in [-0.05, 0) is 38.1 Å². The molecule has 17 heavy (non-hydrogen) atoms. The summed E-state index contributed by atoms with van der Waals surface area (Å²) in [5.74, 6) is 0.991. The number of nitrogens with one attached hydrogen (secondary N) is 1. The second-order valence-corrected chi connectivity index (χ2v) is 5.60. The average molecular weight is 238 g/mol. The SMILES string of the molecule is O=C(CC1CCCO1)N1CC2CCCNC2C1. The zero-order valence-corrected chi connectivity index (χ0v) is 10.4. The van der Waals surface area contributed by atoms with Crippen LogP contribution in [0, 0.1) is 5.92 Å². The Kier molecular flexibility index (Phi) is 3.34. The fraction of sp³-hybridized carbons (Fsp3) is 0.923. The number of ether oxygens (including phenoxy) is 1. The van der Waals surface area contributed by atoms with Crippen LogP contribution in [0.25, 0.3) is 0 Å². The van der Waals surface area contributed by atoms with Crippen LogP contribution in [0.5, 0.6) is 0 Å². The summed E-state index contributed by atoms with van der Waals surface area (Å²) in [4.78, 5) is 14.2. The van der Waals surface area contributed by atoms with Crippen LogP contribution in [0.2, 0.25) is 0 Å². The van der Waals surface area contributed by atoms with E-state index in [2.05, 4.69) is 10.2 Å². The molecule has 0 aromatic rings. The lowest BCUT2D eigenvalue weighted by atomic mass is 9.94. The molecule has 3 aliphatic heterocycles. The molecule has 96 valence electrons. The summed E-state index contributed by atoms with van der Waals surface area (Å²) >= 11 is 0. The first kappa shape index (κ1) is 11.5. The molecule has 4 nitrogen and oxygen atoms in total. The van der Waals surface area contributed by atoms with Gasteiger partial charge in [-0.3, -0.25) is 4.79 Å². The summed E-state index contributed by atoms with van der Waals surface area (Å²) in [6.07, 6.45) is 5.50. The highest BCUT2D eigenvalue weighted by molar-refractivity contribution is 5.77. The van der Waals surface area contributed by atoms with Crippen LogP contribution < -0.4 is 5.32 Å². The second kappa shape index (κ2) is 4.94. The molecule has 3 aliphatic rings. The largest absolute Gasteiger partial charge is 0.378 e. The molecular formula is C13H22N2O2. The number of carbonyl (C=O) groups excluding carboxylic acids is 1. The van der Waals surface area contributed by atoms with Crippen molar-refractivity contribution in [1.29, 1.82) is 0 Å². The quantitative estimate of drug-likeness (QED) is 0.772. The lowest BCUT2D eigenvalue weighted by molar-refractivity contribution is -0.132. The molecule has 0 saturated carbocycles. The Bertz CT molecular complexity index is 275. The lowest BCUT2D eigenvalue weighted by Gasteiger charge is -2.24. The van der Waals surface area contributed by atoms with E-state index in [1.165, 1.54) is 12.8 Å². The highest BCUT2D eigenvalue weighted by Crippen LogP contribution is 2.26. The van der Waals surface area contributed by atoms with Gasteiger partial charge in [0.25, 0.3) is 0 Å². The van der Waals surface area contributed by atoms with Gasteiger partial charge in [0.1, 0.15) is 0 Å². The molecular weight excluding hydrogens is 216 g/mol. The number of hydrogen-bond acceptors (Lipinski definition) is 3. The highest BCUT2D eigenvalue weighted by atomic mass is 16.5. The molecule has 1 N–H and O–H groups in total. The molecule has 1 amide bonds. The molecule has 0 radical (unpaired) electrons. The first-order valence-corrected chi connectivity index (χ1v) is 6.95. The van der Waals surface area contributed by atoms with Gasteiger partial charge in [0.05, 0.1) is 12.5 Å². The van der Waals surface area contributed by atoms with E-state index in [-0.39, 0.29) is 6.10 Å². The zero-order valence-electron chi connectivity index (χ0n) is 10.4. The van der Waals surface area contributed by atoms with Crippen molar-refractivity contribution in [3.63, 3.8) is 0 Å². The molecule has 0 bridgehead atoms. The summed E-state index contributed by atoms with van der Waals surface area (Å²) < 4.78 is 5.54. The lowest BCUT2D eigenvalue weighted by Crippen LogP contribution is -2.41. The predicted molar refractivity (Wildman–Crippen MR) is 64.7 cm³/mol. The van der Waals surface area contributed by atoms with Gasteiger partial charge in [-0.2, -0.15) is 0 Å². The zero-order chi connectivity index (χ0) is 11.7. The Morgan fingerprint density at radius 3 is 3.00 bits per heavy atom. The first-order valence-electron chi connectivity index (χ1n) is 6.95. The van der Waals surface area contributed by atoms with Crippen molar-refractivity contribution in [3.8, 4) is 0 Å². The number of piperidine rings is 1. The Labute approximate surface area is 103 Å². The minimum atomic E-state index is 0.193. The number of amides is 1. The Balaban J connectivity index is 1.52. The average Bonchev–Trinajstić information content (AvgIpc) is 2.96. The van der Waals surface area contributed by atoms with Crippen molar-refractivity contribution < 1.29 is 9.53 Å². The molecule has 3 saturated heterocycles. The number of likely N-dealkylation sites (tertiary alicyclic amines) is 1. The minimum Gasteiger partial charge on any atom is -0.378 e. The minimum absolute atomic E-state index is 0.193. The topological polar surface area (TPSA) is 41.6 Å². The number of rotatable bonds is 2. The molecule has 3 heterocycles. The van der Waals surface area contributed by atoms with E-state index in [1.54, 1.807) is 0 Å². The van der Waals surface area contributed by atoms with Gasteiger partial charge >= 0.3 is 0 Å². The molecule has 3 fully saturated rings. The molecule has 0 spiro atoms. The fourth-order valence-corrected chi connectivity index (χ4v) is 3.38. The number of nitrogens with zero attached hydrogens (tertiary/aromatic N) is 1. The van der Waals surface area contributed by atoms with E-state index < -0.39 is 0 Å². The standard InChI is InChI=1S/C13H22N2O2/c16-13(7-11-4-2-6-17-11)15-8-10-3-1-5-14-12(10)9-15/h10-12,14H,1-9H2. The first-order chi connectivity index (χ1) is 8.33. The third kappa shape index (κ3) is 2.47. The van der Waals surface area contributed by atoms with Crippen molar-refractivity contribution in [1.82, 2.24) is 10.2 Å². The van der Waals surface area contributed by atoms with E-state index in [0.717, 1.165) is 39.1 Å². The molecule has 3 unspecified atom stereocenters. The summed E-state index contributed by atoms with van der Waals surface area (Å²) in [6, 6.07) is 0.553. The van der Waals surface area contributed by atoms with E-state index in [1.807, 2.05) is 0 Å². The van der Waals surface area contributed by atoms with Crippen LogP contribution in [0.1, 0.15) is 32.1 Å². The predicted octanol–water partition coefficient (Wildman–Crippen LogP) is 0.766. The third-order valence-electron chi connectivity index (χ3n) is 4.38. The number of fused-ring (bicyclic) bond motifs is 1. The summed E-state index contributed by atoms with van der Waals surface area (Å²) in [5, 5.41) is 3.53. The maximum atomic E-state index is 12.2. The van der Waals surface area contributed by atoms with Crippen molar-refractivity contribution in [3.05, 3.63) is 0 Å². The van der Waals surface area contributed by atoms with Crippen LogP contribution in [0.15, 0.2) is 0 Å². The Hall–Kier alpha value is -0.610. The molecule has 3 rings (SSSR count). The van der Waals surface area contributed by atoms with Gasteiger partial charge in [0, 0.05) is 25.7 Å². The maximum absolute atomic E-state index is 12.2. The molecule has 0 aromatic carbocycles. The van der Waals surface area contributed by atoms with E-state index >= 15 is 0 Å². The summed E-state index contributed by atoms with van der Waals surface area (Å²) in [6.45, 7) is 3.83. The molecule has 0 aliphatic carbocycles. The third-order valence-corrected chi connectivity index (χ3v) is 4.38. The summed E-state index contributed by atoms with van der Waals surface area (Å²) in [7, 11) is 0. The smallest absolute Gasteiger partial charge is 0.225 e. The highest BCUT2D eigenvalue weighted by Gasteiger charge is 2.36. The van der Waals surface area contributed by atoms with Gasteiger partial charge in [0.15, 0.2) is 0 Å². The van der Waals surface area contributed by atoms with Gasteiger partial charge < -0.3 is 15.0 Å². The van der Waals surface area contributed by atoms with Crippen LogP contribution in [0.4, 0.5) is 0 Å². The van der Waals surface area contributed by atoms with Crippen molar-refractivity contribution in [2.24, 2.45) is 5.92 Å².